The predicted molar refractivity (Wildman–Crippen MR) is 134 cm³/mol. The third-order valence-corrected chi connectivity index (χ3v) is 6.34. The van der Waals surface area contributed by atoms with E-state index in [0.29, 0.717) is 12.8 Å². The van der Waals surface area contributed by atoms with Gasteiger partial charge in [-0.1, -0.05) is 83.5 Å². The third kappa shape index (κ3) is 4.26. The molecule has 0 fully saturated rings. The normalized spacial score (nSPS) is 15.5. The number of amides is 1. The lowest BCUT2D eigenvalue weighted by Gasteiger charge is -2.21. The number of carbonyl (C=O) groups excluding carboxylic acids is 1. The topological polar surface area (TPSA) is 50.5 Å². The van der Waals surface area contributed by atoms with E-state index in [1.807, 2.05) is 90.6 Å². The summed E-state index contributed by atoms with van der Waals surface area (Å²) in [5, 5.41) is 11.4. The van der Waals surface area contributed by atoms with Crippen LogP contribution >= 0.6 is 15.9 Å². The van der Waals surface area contributed by atoms with Crippen LogP contribution < -0.4 is 0 Å². The van der Waals surface area contributed by atoms with Crippen LogP contribution in [0.2, 0.25) is 0 Å². The molecule has 0 saturated heterocycles. The maximum absolute atomic E-state index is 12.9. The Morgan fingerprint density at radius 1 is 0.939 bits per heavy atom. The summed E-state index contributed by atoms with van der Waals surface area (Å²) in [4.78, 5) is 12.9. The number of aromatic nitrogens is 2. The molecule has 0 aliphatic carbocycles. The van der Waals surface area contributed by atoms with E-state index < -0.39 is 0 Å². The first-order chi connectivity index (χ1) is 16.1. The standard InChI is InChI=1S/C27H23BrN4O/c1-2-26(33)32-25(17-24(29-32)19-13-15-21(28)16-14-19)23-18-31(22-11-7-4-8-12-22)30-27(23)20-9-5-3-6-10-20/h3-16,18,25H,2,17H2,1H3/t25-/m1/s1. The summed E-state index contributed by atoms with van der Waals surface area (Å²) in [7, 11) is 0. The summed E-state index contributed by atoms with van der Waals surface area (Å²) >= 11 is 3.49. The average Bonchev–Trinajstić information content (AvgIpc) is 3.50. The number of hydrogen-bond donors (Lipinski definition) is 0. The summed E-state index contributed by atoms with van der Waals surface area (Å²) in [5.74, 6) is -0.00131. The second kappa shape index (κ2) is 9.16. The number of hydrazone groups is 1. The molecule has 33 heavy (non-hydrogen) atoms. The highest BCUT2D eigenvalue weighted by molar-refractivity contribution is 9.10. The average molecular weight is 499 g/mol. The fourth-order valence-corrected chi connectivity index (χ4v) is 4.39. The van der Waals surface area contributed by atoms with E-state index in [1.165, 1.54) is 0 Å². The molecule has 0 radical (unpaired) electrons. The molecule has 1 amide bonds. The minimum absolute atomic E-state index is 0.00131. The smallest absolute Gasteiger partial charge is 0.242 e. The van der Waals surface area contributed by atoms with E-state index >= 15 is 0 Å². The molecule has 0 N–H and O–H groups in total. The van der Waals surface area contributed by atoms with Crippen LogP contribution in [0.5, 0.6) is 0 Å². The van der Waals surface area contributed by atoms with E-state index in [2.05, 4.69) is 28.1 Å². The van der Waals surface area contributed by atoms with Crippen molar-refractivity contribution in [2.24, 2.45) is 5.10 Å². The van der Waals surface area contributed by atoms with Crippen LogP contribution in [0.15, 0.2) is 101 Å². The van der Waals surface area contributed by atoms with Gasteiger partial charge in [-0.2, -0.15) is 10.2 Å². The van der Waals surface area contributed by atoms with Crippen LogP contribution in [0, 0.1) is 0 Å². The number of halogens is 1. The zero-order chi connectivity index (χ0) is 22.8. The Morgan fingerprint density at radius 2 is 1.61 bits per heavy atom. The Hall–Kier alpha value is -3.51. The molecule has 0 unspecified atom stereocenters. The predicted octanol–water partition coefficient (Wildman–Crippen LogP) is 6.39. The van der Waals surface area contributed by atoms with Crippen molar-refractivity contribution in [3.63, 3.8) is 0 Å². The quantitative estimate of drug-likeness (QED) is 0.320. The lowest BCUT2D eigenvalue weighted by atomic mass is 9.96. The fraction of sp³-hybridized carbons (Fsp3) is 0.148. The summed E-state index contributed by atoms with van der Waals surface area (Å²) in [6, 6.07) is 28.0. The summed E-state index contributed by atoms with van der Waals surface area (Å²) in [5.41, 5.74) is 5.77. The van der Waals surface area contributed by atoms with Gasteiger partial charge in [0.1, 0.15) is 0 Å². The van der Waals surface area contributed by atoms with E-state index in [1.54, 1.807) is 5.01 Å². The van der Waals surface area contributed by atoms with Crippen LogP contribution in [-0.4, -0.2) is 26.4 Å². The Kier molecular flexibility index (Phi) is 5.92. The first-order valence-electron chi connectivity index (χ1n) is 11.0. The number of para-hydroxylation sites is 1. The van der Waals surface area contributed by atoms with Crippen LogP contribution in [0.3, 0.4) is 0 Å². The first-order valence-corrected chi connectivity index (χ1v) is 11.8. The first kappa shape index (κ1) is 21.3. The second-order valence-electron chi connectivity index (χ2n) is 7.94. The van der Waals surface area contributed by atoms with Crippen LogP contribution in [-0.2, 0) is 4.79 Å². The molecule has 5 nitrogen and oxygen atoms in total. The zero-order valence-electron chi connectivity index (χ0n) is 18.2. The Balaban J connectivity index is 1.61. The van der Waals surface area contributed by atoms with Crippen molar-refractivity contribution >= 4 is 27.5 Å². The second-order valence-corrected chi connectivity index (χ2v) is 8.86. The van der Waals surface area contributed by atoms with Gasteiger partial charge in [0.05, 0.1) is 23.1 Å². The van der Waals surface area contributed by atoms with Gasteiger partial charge in [-0.25, -0.2) is 9.69 Å². The highest BCUT2D eigenvalue weighted by Gasteiger charge is 2.35. The van der Waals surface area contributed by atoms with Crippen molar-refractivity contribution in [1.29, 1.82) is 0 Å². The van der Waals surface area contributed by atoms with Gasteiger partial charge in [-0.3, -0.25) is 4.79 Å². The van der Waals surface area contributed by atoms with Gasteiger partial charge in [0.25, 0.3) is 0 Å². The lowest BCUT2D eigenvalue weighted by molar-refractivity contribution is -0.132. The maximum Gasteiger partial charge on any atom is 0.242 e. The molecule has 164 valence electrons. The minimum Gasteiger partial charge on any atom is -0.273 e. The van der Waals surface area contributed by atoms with Gasteiger partial charge in [-0.05, 0) is 29.8 Å². The number of nitrogens with zero attached hydrogens (tertiary/aromatic N) is 4. The van der Waals surface area contributed by atoms with E-state index in [0.717, 1.165) is 38.3 Å². The molecule has 4 aromatic rings. The van der Waals surface area contributed by atoms with Gasteiger partial charge in [0.15, 0.2) is 0 Å². The Labute approximate surface area is 201 Å². The molecule has 2 heterocycles. The molecule has 6 heteroatoms. The van der Waals surface area contributed by atoms with Crippen molar-refractivity contribution < 1.29 is 4.79 Å². The van der Waals surface area contributed by atoms with Gasteiger partial charge in [0.2, 0.25) is 5.91 Å². The SMILES string of the molecule is CCC(=O)N1N=C(c2ccc(Br)cc2)C[C@@H]1c1cn(-c2ccccc2)nc1-c1ccccc1. The number of carbonyl (C=O) groups is 1. The van der Waals surface area contributed by atoms with Crippen molar-refractivity contribution in [1.82, 2.24) is 14.8 Å². The molecule has 5 rings (SSSR count). The molecular formula is C27H23BrN4O. The highest BCUT2D eigenvalue weighted by atomic mass is 79.9. The summed E-state index contributed by atoms with van der Waals surface area (Å²) in [6.07, 6.45) is 3.06. The summed E-state index contributed by atoms with van der Waals surface area (Å²) < 4.78 is 2.91. The molecular weight excluding hydrogens is 476 g/mol. The molecule has 1 aliphatic rings. The van der Waals surface area contributed by atoms with Gasteiger partial charge in [0, 0.05) is 34.6 Å². The van der Waals surface area contributed by atoms with Gasteiger partial charge < -0.3 is 0 Å². The lowest BCUT2D eigenvalue weighted by Crippen LogP contribution is -2.26. The van der Waals surface area contributed by atoms with Crippen molar-refractivity contribution in [2.45, 2.75) is 25.8 Å². The monoisotopic (exact) mass is 498 g/mol. The van der Waals surface area contributed by atoms with E-state index in [9.17, 15) is 4.79 Å². The van der Waals surface area contributed by atoms with Crippen molar-refractivity contribution in [2.75, 3.05) is 0 Å². The van der Waals surface area contributed by atoms with E-state index in [4.69, 9.17) is 10.2 Å². The molecule has 1 atom stereocenters. The summed E-state index contributed by atoms with van der Waals surface area (Å²) in [6.45, 7) is 1.87. The molecule has 0 saturated carbocycles. The fourth-order valence-electron chi connectivity index (χ4n) is 4.13. The number of hydrogen-bond acceptors (Lipinski definition) is 3. The minimum atomic E-state index is -0.219. The molecule has 3 aromatic carbocycles. The zero-order valence-corrected chi connectivity index (χ0v) is 19.8. The van der Waals surface area contributed by atoms with Crippen LogP contribution in [0.25, 0.3) is 16.9 Å². The number of rotatable bonds is 5. The van der Waals surface area contributed by atoms with Crippen molar-refractivity contribution in [3.8, 4) is 16.9 Å². The van der Waals surface area contributed by atoms with Crippen LogP contribution in [0.1, 0.15) is 36.9 Å². The Morgan fingerprint density at radius 3 is 2.27 bits per heavy atom. The Bertz CT molecular complexity index is 1300. The molecule has 1 aliphatic heterocycles. The van der Waals surface area contributed by atoms with E-state index in [-0.39, 0.29) is 11.9 Å². The highest BCUT2D eigenvalue weighted by Crippen LogP contribution is 2.38. The van der Waals surface area contributed by atoms with Gasteiger partial charge >= 0.3 is 0 Å². The molecule has 1 aromatic heterocycles. The maximum atomic E-state index is 12.9. The molecule has 0 bridgehead atoms. The largest absolute Gasteiger partial charge is 0.273 e. The van der Waals surface area contributed by atoms with Crippen molar-refractivity contribution in [3.05, 3.63) is 107 Å². The van der Waals surface area contributed by atoms with Crippen LogP contribution in [0.4, 0.5) is 0 Å². The number of benzene rings is 3. The third-order valence-electron chi connectivity index (χ3n) is 5.82. The van der Waals surface area contributed by atoms with Gasteiger partial charge in [-0.15, -0.1) is 0 Å². The molecule has 0 spiro atoms.